The number of hydrogen-bond acceptors (Lipinski definition) is 5. The highest BCUT2D eigenvalue weighted by atomic mass is 32.2. The second kappa shape index (κ2) is 8.62. The van der Waals surface area contributed by atoms with E-state index in [1.54, 1.807) is 6.20 Å². The number of rotatable bonds is 7. The first-order chi connectivity index (χ1) is 12.7. The van der Waals surface area contributed by atoms with Gasteiger partial charge in [0, 0.05) is 19.2 Å². The highest BCUT2D eigenvalue weighted by molar-refractivity contribution is 7.99. The zero-order chi connectivity index (χ0) is 18.4. The van der Waals surface area contributed by atoms with E-state index < -0.39 is 0 Å². The normalized spacial score (nSPS) is 10.7. The van der Waals surface area contributed by atoms with Gasteiger partial charge in [0.25, 0.3) is 0 Å². The Morgan fingerprint density at radius 2 is 1.96 bits per heavy atom. The van der Waals surface area contributed by atoms with Crippen molar-refractivity contribution in [3.05, 3.63) is 65.6 Å². The Balaban J connectivity index is 1.63. The van der Waals surface area contributed by atoms with Crippen molar-refractivity contribution in [1.82, 2.24) is 19.7 Å². The van der Waals surface area contributed by atoms with Crippen molar-refractivity contribution in [3.63, 3.8) is 0 Å². The van der Waals surface area contributed by atoms with Crippen LogP contribution in [0.4, 0.5) is 5.82 Å². The first-order valence-corrected chi connectivity index (χ1v) is 9.46. The van der Waals surface area contributed by atoms with Gasteiger partial charge < -0.3 is 9.88 Å². The van der Waals surface area contributed by atoms with Gasteiger partial charge in [-0.2, -0.15) is 0 Å². The molecule has 134 valence electrons. The van der Waals surface area contributed by atoms with Crippen molar-refractivity contribution in [2.24, 2.45) is 0 Å². The van der Waals surface area contributed by atoms with Crippen molar-refractivity contribution >= 4 is 23.5 Å². The van der Waals surface area contributed by atoms with Gasteiger partial charge in [0.15, 0.2) is 5.16 Å². The summed E-state index contributed by atoms with van der Waals surface area (Å²) in [7, 11) is 0. The number of nitrogens with one attached hydrogen (secondary N) is 1. The van der Waals surface area contributed by atoms with E-state index in [9.17, 15) is 4.79 Å². The van der Waals surface area contributed by atoms with E-state index in [-0.39, 0.29) is 11.7 Å². The van der Waals surface area contributed by atoms with Crippen molar-refractivity contribution in [2.75, 3.05) is 11.1 Å². The molecule has 0 saturated heterocycles. The summed E-state index contributed by atoms with van der Waals surface area (Å²) in [5, 5.41) is 12.2. The van der Waals surface area contributed by atoms with E-state index in [1.165, 1.54) is 17.3 Å². The van der Waals surface area contributed by atoms with Gasteiger partial charge in [0.1, 0.15) is 11.6 Å². The molecule has 0 aliphatic carbocycles. The predicted octanol–water partition coefficient (Wildman–Crippen LogP) is 3.32. The zero-order valence-corrected chi connectivity index (χ0v) is 15.7. The van der Waals surface area contributed by atoms with Crippen LogP contribution in [0.25, 0.3) is 0 Å². The van der Waals surface area contributed by atoms with Gasteiger partial charge >= 0.3 is 0 Å². The van der Waals surface area contributed by atoms with Crippen molar-refractivity contribution in [1.29, 1.82) is 0 Å². The van der Waals surface area contributed by atoms with Crippen LogP contribution in [0.1, 0.15) is 23.9 Å². The van der Waals surface area contributed by atoms with E-state index in [1.807, 2.05) is 37.3 Å². The summed E-state index contributed by atoms with van der Waals surface area (Å²) >= 11 is 1.39. The molecule has 2 aromatic heterocycles. The van der Waals surface area contributed by atoms with Crippen LogP contribution in [0.3, 0.4) is 0 Å². The quantitative estimate of drug-likeness (QED) is 0.649. The monoisotopic (exact) mass is 367 g/mol. The minimum atomic E-state index is -0.105. The third kappa shape index (κ3) is 4.49. The van der Waals surface area contributed by atoms with Gasteiger partial charge in [-0.25, -0.2) is 4.98 Å². The van der Waals surface area contributed by atoms with Gasteiger partial charge in [0.05, 0.1) is 5.75 Å². The molecular weight excluding hydrogens is 346 g/mol. The molecule has 1 N–H and O–H groups in total. The Morgan fingerprint density at radius 3 is 2.69 bits per heavy atom. The van der Waals surface area contributed by atoms with E-state index in [4.69, 9.17) is 0 Å². The second-order valence-electron chi connectivity index (χ2n) is 5.81. The number of amides is 1. The molecule has 0 radical (unpaired) electrons. The number of pyridine rings is 1. The summed E-state index contributed by atoms with van der Waals surface area (Å²) in [5.41, 5.74) is 2.13. The molecular formula is C19H21N5OS. The molecule has 0 aliphatic rings. The molecule has 0 atom stereocenters. The molecule has 3 aromatic rings. The van der Waals surface area contributed by atoms with E-state index in [0.29, 0.717) is 5.82 Å². The lowest BCUT2D eigenvalue weighted by Crippen LogP contribution is -2.16. The van der Waals surface area contributed by atoms with Crippen LogP contribution in [0.2, 0.25) is 0 Å². The molecule has 26 heavy (non-hydrogen) atoms. The van der Waals surface area contributed by atoms with Crippen LogP contribution < -0.4 is 5.32 Å². The number of aromatic nitrogens is 4. The Hall–Kier alpha value is -2.67. The average Bonchev–Trinajstić information content (AvgIpc) is 3.04. The number of aryl methyl sites for hydroxylation is 1. The Labute approximate surface area is 157 Å². The van der Waals surface area contributed by atoms with Crippen LogP contribution in [-0.4, -0.2) is 31.4 Å². The number of benzene rings is 1. The average molecular weight is 367 g/mol. The Kier molecular flexibility index (Phi) is 6.01. The Morgan fingerprint density at radius 1 is 1.15 bits per heavy atom. The lowest BCUT2D eigenvalue weighted by Gasteiger charge is -2.08. The maximum Gasteiger partial charge on any atom is 0.236 e. The van der Waals surface area contributed by atoms with Gasteiger partial charge in [-0.3, -0.25) is 4.79 Å². The van der Waals surface area contributed by atoms with E-state index >= 15 is 0 Å². The molecule has 7 heteroatoms. The predicted molar refractivity (Wildman–Crippen MR) is 103 cm³/mol. The topological polar surface area (TPSA) is 72.7 Å². The first-order valence-electron chi connectivity index (χ1n) is 8.47. The molecule has 6 nitrogen and oxygen atoms in total. The van der Waals surface area contributed by atoms with Gasteiger partial charge in [-0.15, -0.1) is 10.2 Å². The maximum absolute atomic E-state index is 12.2. The SMILES string of the molecule is CCn1c(Cc2ccccc2)nnc1SCC(=O)Nc1ncccc1C. The largest absolute Gasteiger partial charge is 0.310 e. The van der Waals surface area contributed by atoms with Gasteiger partial charge in [-0.1, -0.05) is 48.2 Å². The van der Waals surface area contributed by atoms with Crippen molar-refractivity contribution in [2.45, 2.75) is 32.0 Å². The van der Waals surface area contributed by atoms with Crippen molar-refractivity contribution < 1.29 is 4.79 Å². The number of hydrogen-bond donors (Lipinski definition) is 1. The fourth-order valence-electron chi connectivity index (χ4n) is 2.57. The summed E-state index contributed by atoms with van der Waals surface area (Å²) in [5.74, 6) is 1.66. The summed E-state index contributed by atoms with van der Waals surface area (Å²) in [6, 6.07) is 13.9. The van der Waals surface area contributed by atoms with Crippen LogP contribution in [0.5, 0.6) is 0 Å². The van der Waals surface area contributed by atoms with Crippen LogP contribution >= 0.6 is 11.8 Å². The molecule has 0 saturated carbocycles. The number of carbonyl (C=O) groups excluding carboxylic acids is 1. The molecule has 3 rings (SSSR count). The number of thioether (sulfide) groups is 1. The summed E-state index contributed by atoms with van der Waals surface area (Å²) < 4.78 is 2.05. The third-order valence-electron chi connectivity index (χ3n) is 3.91. The number of anilines is 1. The zero-order valence-electron chi connectivity index (χ0n) is 14.8. The molecule has 1 aromatic carbocycles. The Bertz CT molecular complexity index is 879. The summed E-state index contributed by atoms with van der Waals surface area (Å²) in [6.45, 7) is 4.73. The van der Waals surface area contributed by atoms with Gasteiger partial charge in [-0.05, 0) is 31.0 Å². The smallest absolute Gasteiger partial charge is 0.236 e. The summed E-state index contributed by atoms with van der Waals surface area (Å²) in [6.07, 6.45) is 2.39. The minimum absolute atomic E-state index is 0.105. The molecule has 0 unspecified atom stereocenters. The maximum atomic E-state index is 12.2. The number of nitrogens with zero attached hydrogens (tertiary/aromatic N) is 4. The molecule has 1 amide bonds. The molecule has 0 aliphatic heterocycles. The molecule has 0 spiro atoms. The second-order valence-corrected chi connectivity index (χ2v) is 6.75. The van der Waals surface area contributed by atoms with Crippen LogP contribution in [0, 0.1) is 6.92 Å². The minimum Gasteiger partial charge on any atom is -0.310 e. The van der Waals surface area contributed by atoms with Crippen LogP contribution in [0.15, 0.2) is 53.8 Å². The lowest BCUT2D eigenvalue weighted by atomic mass is 10.1. The van der Waals surface area contributed by atoms with Gasteiger partial charge in [0.2, 0.25) is 5.91 Å². The fourth-order valence-corrected chi connectivity index (χ4v) is 3.39. The highest BCUT2D eigenvalue weighted by Gasteiger charge is 2.14. The number of carbonyl (C=O) groups is 1. The molecule has 0 fully saturated rings. The highest BCUT2D eigenvalue weighted by Crippen LogP contribution is 2.19. The van der Waals surface area contributed by atoms with E-state index in [2.05, 4.69) is 44.1 Å². The standard InChI is InChI=1S/C19H21N5OS/c1-3-24-16(12-15-9-5-4-6-10-15)22-23-19(24)26-13-17(25)21-18-14(2)8-7-11-20-18/h4-11H,3,12-13H2,1-2H3,(H,20,21,25). The van der Waals surface area contributed by atoms with E-state index in [0.717, 1.165) is 29.5 Å². The lowest BCUT2D eigenvalue weighted by molar-refractivity contribution is -0.113. The fraction of sp³-hybridized carbons (Fsp3) is 0.263. The van der Waals surface area contributed by atoms with Crippen molar-refractivity contribution in [3.8, 4) is 0 Å². The summed E-state index contributed by atoms with van der Waals surface area (Å²) in [4.78, 5) is 16.4. The third-order valence-corrected chi connectivity index (χ3v) is 4.88. The molecule has 0 bridgehead atoms. The van der Waals surface area contributed by atoms with Crippen LogP contribution in [-0.2, 0) is 17.8 Å². The first kappa shape index (κ1) is 18.1. The molecule has 2 heterocycles.